The van der Waals surface area contributed by atoms with E-state index in [4.69, 9.17) is 10.5 Å². The normalized spacial score (nSPS) is 23.7. The molecule has 1 aliphatic heterocycles. The summed E-state index contributed by atoms with van der Waals surface area (Å²) in [4.78, 5) is 15.0. The maximum absolute atomic E-state index is 5.80. The number of aryl methyl sites for hydroxylation is 1. The zero-order chi connectivity index (χ0) is 14.8. The van der Waals surface area contributed by atoms with Crippen LogP contribution in [0.25, 0.3) is 11.2 Å². The third-order valence-electron chi connectivity index (χ3n) is 3.80. The molecule has 0 aliphatic carbocycles. The number of nitrogens with zero attached hydrogens (tertiary/aromatic N) is 5. The van der Waals surface area contributed by atoms with Gasteiger partial charge in [-0.15, -0.1) is 0 Å². The molecular formula is C14H22N6O. The number of hydrogen-bond donors (Lipinski definition) is 1. The molecule has 0 radical (unpaired) electrons. The second-order valence-corrected chi connectivity index (χ2v) is 5.74. The van der Waals surface area contributed by atoms with Crippen LogP contribution in [0.5, 0.6) is 0 Å². The lowest BCUT2D eigenvalue weighted by Gasteiger charge is -2.35. The fraction of sp³-hybridized carbons (Fsp3) is 0.643. The first-order chi connectivity index (χ1) is 10.1. The van der Waals surface area contributed by atoms with E-state index >= 15 is 0 Å². The number of morpholine rings is 1. The molecule has 2 atom stereocenters. The van der Waals surface area contributed by atoms with Crippen molar-refractivity contribution in [2.75, 3.05) is 25.4 Å². The molecule has 2 N–H and O–H groups in total. The summed E-state index contributed by atoms with van der Waals surface area (Å²) in [6.45, 7) is 8.21. The minimum absolute atomic E-state index is 0.315. The van der Waals surface area contributed by atoms with Crippen molar-refractivity contribution >= 4 is 17.0 Å². The smallest absolute Gasteiger partial charge is 0.165 e. The molecule has 2 aromatic heterocycles. The van der Waals surface area contributed by atoms with Gasteiger partial charge in [-0.2, -0.15) is 0 Å². The topological polar surface area (TPSA) is 82.1 Å². The van der Waals surface area contributed by atoms with Crippen LogP contribution >= 0.6 is 0 Å². The van der Waals surface area contributed by atoms with E-state index in [1.165, 1.54) is 6.33 Å². The van der Waals surface area contributed by atoms with Crippen molar-refractivity contribution in [2.45, 2.75) is 39.0 Å². The quantitative estimate of drug-likeness (QED) is 0.901. The number of ether oxygens (including phenoxy) is 1. The molecule has 3 rings (SSSR count). The fourth-order valence-electron chi connectivity index (χ4n) is 2.99. The third-order valence-corrected chi connectivity index (χ3v) is 3.80. The van der Waals surface area contributed by atoms with Crippen LogP contribution in [0.1, 0.15) is 20.3 Å². The molecule has 1 aliphatic rings. The Labute approximate surface area is 124 Å². The van der Waals surface area contributed by atoms with Crippen LogP contribution in [0.3, 0.4) is 0 Å². The maximum atomic E-state index is 5.80. The van der Waals surface area contributed by atoms with E-state index < -0.39 is 0 Å². The minimum atomic E-state index is 0.315. The number of hydrogen-bond acceptors (Lipinski definition) is 6. The van der Waals surface area contributed by atoms with Gasteiger partial charge in [0.25, 0.3) is 0 Å². The van der Waals surface area contributed by atoms with Gasteiger partial charge in [-0.05, 0) is 20.3 Å². The predicted octanol–water partition coefficient (Wildman–Crippen LogP) is 0.908. The SMILES string of the molecule is CC1CN(CCCn2cnc3c(N)ncnc32)CC(C)O1. The Morgan fingerprint density at radius 2 is 1.95 bits per heavy atom. The second-order valence-electron chi connectivity index (χ2n) is 5.74. The van der Waals surface area contributed by atoms with Gasteiger partial charge in [0.05, 0.1) is 18.5 Å². The summed E-state index contributed by atoms with van der Waals surface area (Å²) < 4.78 is 7.79. The number of aromatic nitrogens is 4. The summed E-state index contributed by atoms with van der Waals surface area (Å²) >= 11 is 0. The summed E-state index contributed by atoms with van der Waals surface area (Å²) in [7, 11) is 0. The lowest BCUT2D eigenvalue weighted by Crippen LogP contribution is -2.45. The molecule has 21 heavy (non-hydrogen) atoms. The molecule has 114 valence electrons. The maximum Gasteiger partial charge on any atom is 0.165 e. The zero-order valence-electron chi connectivity index (χ0n) is 12.6. The van der Waals surface area contributed by atoms with Gasteiger partial charge in [-0.1, -0.05) is 0 Å². The lowest BCUT2D eigenvalue weighted by molar-refractivity contribution is -0.0682. The lowest BCUT2D eigenvalue weighted by atomic mass is 10.2. The molecule has 0 aromatic carbocycles. The summed E-state index contributed by atoms with van der Waals surface area (Å²) in [5, 5.41) is 0. The number of fused-ring (bicyclic) bond motifs is 1. The average Bonchev–Trinajstić information content (AvgIpc) is 2.83. The number of rotatable bonds is 4. The first-order valence-corrected chi connectivity index (χ1v) is 7.42. The molecule has 0 bridgehead atoms. The molecule has 2 aromatic rings. The van der Waals surface area contributed by atoms with Gasteiger partial charge in [0.1, 0.15) is 11.8 Å². The first-order valence-electron chi connectivity index (χ1n) is 7.42. The largest absolute Gasteiger partial charge is 0.382 e. The minimum Gasteiger partial charge on any atom is -0.382 e. The molecule has 7 nitrogen and oxygen atoms in total. The highest BCUT2D eigenvalue weighted by molar-refractivity contribution is 5.80. The van der Waals surface area contributed by atoms with Crippen LogP contribution < -0.4 is 5.73 Å². The molecule has 0 saturated carbocycles. The van der Waals surface area contributed by atoms with Crippen molar-refractivity contribution in [2.24, 2.45) is 0 Å². The molecule has 1 saturated heterocycles. The monoisotopic (exact) mass is 290 g/mol. The molecular weight excluding hydrogens is 268 g/mol. The van der Waals surface area contributed by atoms with E-state index in [9.17, 15) is 0 Å². The van der Waals surface area contributed by atoms with Crippen molar-refractivity contribution in [1.82, 2.24) is 24.4 Å². The van der Waals surface area contributed by atoms with Crippen LogP contribution in [0.4, 0.5) is 5.82 Å². The summed E-state index contributed by atoms with van der Waals surface area (Å²) in [5.41, 5.74) is 7.29. The highest BCUT2D eigenvalue weighted by Crippen LogP contribution is 2.15. The molecule has 1 fully saturated rings. The number of nitrogens with two attached hydrogens (primary N) is 1. The van der Waals surface area contributed by atoms with E-state index in [0.717, 1.165) is 38.2 Å². The average molecular weight is 290 g/mol. The number of anilines is 1. The second kappa shape index (κ2) is 5.95. The molecule has 2 unspecified atom stereocenters. The molecule has 0 amide bonds. The van der Waals surface area contributed by atoms with Crippen LogP contribution in [-0.4, -0.2) is 56.3 Å². The van der Waals surface area contributed by atoms with E-state index in [-0.39, 0.29) is 0 Å². The van der Waals surface area contributed by atoms with Crippen LogP contribution in [0.15, 0.2) is 12.7 Å². The zero-order valence-corrected chi connectivity index (χ0v) is 12.6. The third kappa shape index (κ3) is 3.14. The van der Waals surface area contributed by atoms with Gasteiger partial charge < -0.3 is 15.0 Å². The van der Waals surface area contributed by atoms with Crippen LogP contribution in [-0.2, 0) is 11.3 Å². The molecule has 3 heterocycles. The number of imidazole rings is 1. The highest BCUT2D eigenvalue weighted by atomic mass is 16.5. The van der Waals surface area contributed by atoms with Crippen molar-refractivity contribution in [1.29, 1.82) is 0 Å². The van der Waals surface area contributed by atoms with Gasteiger partial charge in [-0.3, -0.25) is 4.90 Å². The van der Waals surface area contributed by atoms with Crippen molar-refractivity contribution in [3.05, 3.63) is 12.7 Å². The Bertz CT molecular complexity index is 603. The molecule has 0 spiro atoms. The standard InChI is InChI=1S/C14H22N6O/c1-10-6-19(7-11(2)21-10)4-3-5-20-9-18-12-13(15)16-8-17-14(12)20/h8-11H,3-7H2,1-2H3,(H2,15,16,17). The van der Waals surface area contributed by atoms with Crippen molar-refractivity contribution < 1.29 is 4.74 Å². The predicted molar refractivity (Wildman–Crippen MR) is 80.8 cm³/mol. The Morgan fingerprint density at radius 1 is 1.19 bits per heavy atom. The Hall–Kier alpha value is -1.73. The fourth-order valence-corrected chi connectivity index (χ4v) is 2.99. The van der Waals surface area contributed by atoms with Gasteiger partial charge >= 0.3 is 0 Å². The summed E-state index contributed by atoms with van der Waals surface area (Å²) in [6.07, 6.45) is 4.96. The van der Waals surface area contributed by atoms with E-state index in [1.807, 2.05) is 4.57 Å². The number of nitrogen functional groups attached to an aromatic ring is 1. The summed E-state index contributed by atoms with van der Waals surface area (Å²) in [6, 6.07) is 0. The van der Waals surface area contributed by atoms with Crippen LogP contribution in [0, 0.1) is 0 Å². The highest BCUT2D eigenvalue weighted by Gasteiger charge is 2.21. The van der Waals surface area contributed by atoms with Gasteiger partial charge in [0, 0.05) is 26.2 Å². The Balaban J connectivity index is 1.58. The van der Waals surface area contributed by atoms with Gasteiger partial charge in [0.15, 0.2) is 11.5 Å². The van der Waals surface area contributed by atoms with Crippen molar-refractivity contribution in [3.63, 3.8) is 0 Å². The van der Waals surface area contributed by atoms with Crippen molar-refractivity contribution in [3.8, 4) is 0 Å². The summed E-state index contributed by atoms with van der Waals surface area (Å²) in [5.74, 6) is 0.439. The Kier molecular flexibility index (Phi) is 4.03. The van der Waals surface area contributed by atoms with E-state index in [2.05, 4.69) is 33.7 Å². The molecule has 7 heteroatoms. The first kappa shape index (κ1) is 14.2. The Morgan fingerprint density at radius 3 is 2.71 bits per heavy atom. The van der Waals surface area contributed by atoms with E-state index in [0.29, 0.717) is 23.5 Å². The van der Waals surface area contributed by atoms with E-state index in [1.54, 1.807) is 6.33 Å². The van der Waals surface area contributed by atoms with Gasteiger partial charge in [-0.25, -0.2) is 15.0 Å². The van der Waals surface area contributed by atoms with Gasteiger partial charge in [0.2, 0.25) is 0 Å². The van der Waals surface area contributed by atoms with Crippen LogP contribution in [0.2, 0.25) is 0 Å².